The zero-order valence-electron chi connectivity index (χ0n) is 14.0. The van der Waals surface area contributed by atoms with Crippen LogP contribution in [0, 0.1) is 30.6 Å². The minimum atomic E-state index is -0.470. The summed E-state index contributed by atoms with van der Waals surface area (Å²) >= 11 is 0. The minimum Gasteiger partial charge on any atom is -0.469 e. The van der Waals surface area contributed by atoms with Crippen LogP contribution in [0.15, 0.2) is 24.3 Å². The average Bonchev–Trinajstić information content (AvgIpc) is 3.20. The number of benzene rings is 1. The predicted molar refractivity (Wildman–Crippen MR) is 86.3 cm³/mol. The average molecular weight is 330 g/mol. The molecule has 1 aromatic rings. The smallest absolute Gasteiger partial charge is 0.310 e. The lowest BCUT2D eigenvalue weighted by atomic mass is 9.79. The number of carbonyl (C=O) groups is 3. The molecule has 1 aromatic carbocycles. The third-order valence-corrected chi connectivity index (χ3v) is 5.38. The second kappa shape index (κ2) is 6.75. The number of aryl methyl sites for hydroxylation is 1. The van der Waals surface area contributed by atoms with Gasteiger partial charge in [-0.15, -0.1) is 0 Å². The maximum atomic E-state index is 12.5. The molecule has 4 atom stereocenters. The fourth-order valence-electron chi connectivity index (χ4n) is 4.16. The Morgan fingerprint density at radius 2 is 1.58 bits per heavy atom. The van der Waals surface area contributed by atoms with Gasteiger partial charge in [0, 0.05) is 5.56 Å². The molecule has 0 heterocycles. The maximum Gasteiger partial charge on any atom is 0.310 e. The molecule has 5 nitrogen and oxygen atoms in total. The van der Waals surface area contributed by atoms with Gasteiger partial charge in [-0.2, -0.15) is 0 Å². The molecule has 2 bridgehead atoms. The standard InChI is InChI=1S/C19H22O5/c1-11-3-5-12(6-4-11)15(20)10-24-19(22)17-14-8-7-13(9-14)16(17)18(21)23-2/h3-6,13-14,16-17H,7-10H2,1-2H3/t13-,14-,16-,17+/m0/s1. The van der Waals surface area contributed by atoms with Gasteiger partial charge in [-0.1, -0.05) is 29.8 Å². The predicted octanol–water partition coefficient (Wildman–Crippen LogP) is 2.56. The molecule has 128 valence electrons. The zero-order valence-corrected chi connectivity index (χ0v) is 14.0. The van der Waals surface area contributed by atoms with Crippen molar-refractivity contribution in [2.75, 3.05) is 13.7 Å². The summed E-state index contributed by atoms with van der Waals surface area (Å²) in [6.45, 7) is 1.65. The van der Waals surface area contributed by atoms with Crippen LogP contribution in [0.5, 0.6) is 0 Å². The van der Waals surface area contributed by atoms with E-state index >= 15 is 0 Å². The molecule has 0 amide bonds. The molecule has 0 spiro atoms. The molecular formula is C19H22O5. The first-order valence-electron chi connectivity index (χ1n) is 8.35. The van der Waals surface area contributed by atoms with Gasteiger partial charge < -0.3 is 9.47 Å². The maximum absolute atomic E-state index is 12.5. The van der Waals surface area contributed by atoms with Crippen LogP contribution in [-0.2, 0) is 19.1 Å². The van der Waals surface area contributed by atoms with Gasteiger partial charge in [0.05, 0.1) is 18.9 Å². The fraction of sp³-hybridized carbons (Fsp3) is 0.526. The molecule has 2 fully saturated rings. The number of hydrogen-bond acceptors (Lipinski definition) is 5. The summed E-state index contributed by atoms with van der Waals surface area (Å²) in [7, 11) is 1.34. The van der Waals surface area contributed by atoms with E-state index in [0.717, 1.165) is 24.8 Å². The molecule has 0 unspecified atom stereocenters. The highest BCUT2D eigenvalue weighted by Crippen LogP contribution is 2.53. The number of methoxy groups -OCH3 is 1. The van der Waals surface area contributed by atoms with E-state index in [0.29, 0.717) is 5.56 Å². The summed E-state index contributed by atoms with van der Waals surface area (Å²) in [5, 5.41) is 0. The SMILES string of the molecule is COC(=O)[C@H]1[C@H]2CC[C@@H](C2)[C@H]1C(=O)OCC(=O)c1ccc(C)cc1. The Labute approximate surface area is 141 Å². The van der Waals surface area contributed by atoms with Gasteiger partial charge in [-0.05, 0) is 38.0 Å². The van der Waals surface area contributed by atoms with Crippen molar-refractivity contribution in [3.63, 3.8) is 0 Å². The normalized spacial score (nSPS) is 27.8. The Morgan fingerprint density at radius 1 is 1.00 bits per heavy atom. The lowest BCUT2D eigenvalue weighted by molar-refractivity contribution is -0.161. The fourth-order valence-corrected chi connectivity index (χ4v) is 4.16. The number of carbonyl (C=O) groups excluding carboxylic acids is 3. The monoisotopic (exact) mass is 330 g/mol. The Hall–Kier alpha value is -2.17. The molecule has 0 radical (unpaired) electrons. The van der Waals surface area contributed by atoms with E-state index in [1.807, 2.05) is 19.1 Å². The number of Topliss-reactive ketones (excluding diaryl/α,β-unsaturated/α-hetero) is 1. The van der Waals surface area contributed by atoms with Crippen molar-refractivity contribution >= 4 is 17.7 Å². The Kier molecular flexibility index (Phi) is 4.69. The first kappa shape index (κ1) is 16.7. The van der Waals surface area contributed by atoms with Gasteiger partial charge in [0.15, 0.2) is 12.4 Å². The first-order chi connectivity index (χ1) is 11.5. The van der Waals surface area contributed by atoms with Gasteiger partial charge in [-0.3, -0.25) is 14.4 Å². The van der Waals surface area contributed by atoms with Crippen molar-refractivity contribution in [2.45, 2.75) is 26.2 Å². The van der Waals surface area contributed by atoms with Crippen LogP contribution in [0.2, 0.25) is 0 Å². The van der Waals surface area contributed by atoms with Crippen LogP contribution in [-0.4, -0.2) is 31.4 Å². The largest absolute Gasteiger partial charge is 0.469 e. The molecule has 0 aliphatic heterocycles. The van der Waals surface area contributed by atoms with E-state index in [-0.39, 0.29) is 30.2 Å². The third-order valence-electron chi connectivity index (χ3n) is 5.38. The summed E-state index contributed by atoms with van der Waals surface area (Å²) in [5.74, 6) is -1.54. The number of ether oxygens (including phenoxy) is 2. The number of ketones is 1. The highest BCUT2D eigenvalue weighted by atomic mass is 16.5. The first-order valence-corrected chi connectivity index (χ1v) is 8.35. The van der Waals surface area contributed by atoms with Crippen molar-refractivity contribution in [1.82, 2.24) is 0 Å². The van der Waals surface area contributed by atoms with Crippen molar-refractivity contribution in [3.05, 3.63) is 35.4 Å². The van der Waals surface area contributed by atoms with Crippen LogP contribution in [0.3, 0.4) is 0 Å². The number of esters is 2. The zero-order chi connectivity index (χ0) is 17.3. The number of hydrogen-bond donors (Lipinski definition) is 0. The summed E-state index contributed by atoms with van der Waals surface area (Å²) in [5.41, 5.74) is 1.58. The van der Waals surface area contributed by atoms with Crippen LogP contribution in [0.1, 0.15) is 35.2 Å². The summed E-state index contributed by atoms with van der Waals surface area (Å²) in [4.78, 5) is 36.6. The Bertz CT molecular complexity index is 648. The Morgan fingerprint density at radius 3 is 2.17 bits per heavy atom. The molecule has 2 saturated carbocycles. The van der Waals surface area contributed by atoms with Crippen molar-refractivity contribution in [1.29, 1.82) is 0 Å². The molecule has 2 aliphatic rings. The van der Waals surface area contributed by atoms with Crippen LogP contribution in [0.25, 0.3) is 0 Å². The number of fused-ring (bicyclic) bond motifs is 2. The van der Waals surface area contributed by atoms with Crippen molar-refractivity contribution < 1.29 is 23.9 Å². The van der Waals surface area contributed by atoms with Crippen LogP contribution >= 0.6 is 0 Å². The van der Waals surface area contributed by atoms with Gasteiger partial charge in [0.2, 0.25) is 0 Å². The molecule has 0 N–H and O–H groups in total. The summed E-state index contributed by atoms with van der Waals surface area (Å²) in [6, 6.07) is 7.14. The highest BCUT2D eigenvalue weighted by Gasteiger charge is 2.55. The molecule has 0 aromatic heterocycles. The van der Waals surface area contributed by atoms with Gasteiger partial charge in [-0.25, -0.2) is 0 Å². The lowest BCUT2D eigenvalue weighted by Crippen LogP contribution is -2.37. The van der Waals surface area contributed by atoms with Crippen LogP contribution in [0.4, 0.5) is 0 Å². The van der Waals surface area contributed by atoms with E-state index in [1.54, 1.807) is 12.1 Å². The van der Waals surface area contributed by atoms with Crippen LogP contribution < -0.4 is 0 Å². The Balaban J connectivity index is 1.63. The lowest BCUT2D eigenvalue weighted by Gasteiger charge is -2.27. The minimum absolute atomic E-state index is 0.168. The highest BCUT2D eigenvalue weighted by molar-refractivity contribution is 5.98. The van der Waals surface area contributed by atoms with E-state index in [2.05, 4.69) is 0 Å². The molecule has 3 rings (SSSR count). The van der Waals surface area contributed by atoms with Gasteiger partial charge in [0.1, 0.15) is 0 Å². The second-order valence-electron chi connectivity index (χ2n) is 6.80. The molecule has 5 heteroatoms. The van der Waals surface area contributed by atoms with Crippen molar-refractivity contribution in [3.8, 4) is 0 Å². The van der Waals surface area contributed by atoms with E-state index in [9.17, 15) is 14.4 Å². The van der Waals surface area contributed by atoms with Gasteiger partial charge >= 0.3 is 11.9 Å². The molecular weight excluding hydrogens is 308 g/mol. The van der Waals surface area contributed by atoms with E-state index in [4.69, 9.17) is 9.47 Å². The summed E-state index contributed by atoms with van der Waals surface area (Å²) in [6.07, 6.45) is 2.76. The second-order valence-corrected chi connectivity index (χ2v) is 6.80. The van der Waals surface area contributed by atoms with E-state index in [1.165, 1.54) is 7.11 Å². The molecule has 24 heavy (non-hydrogen) atoms. The number of rotatable bonds is 5. The topological polar surface area (TPSA) is 69.7 Å². The van der Waals surface area contributed by atoms with E-state index < -0.39 is 17.8 Å². The molecule has 0 saturated heterocycles. The molecule has 2 aliphatic carbocycles. The summed E-state index contributed by atoms with van der Waals surface area (Å²) < 4.78 is 10.1. The quantitative estimate of drug-likeness (QED) is 0.613. The third kappa shape index (κ3) is 3.07. The van der Waals surface area contributed by atoms with Crippen molar-refractivity contribution in [2.24, 2.45) is 23.7 Å². The van der Waals surface area contributed by atoms with Gasteiger partial charge in [0.25, 0.3) is 0 Å².